The van der Waals surface area contributed by atoms with Crippen molar-refractivity contribution in [3.05, 3.63) is 24.0 Å². The van der Waals surface area contributed by atoms with Crippen LogP contribution in [-0.2, 0) is 14.8 Å². The first kappa shape index (κ1) is 14.9. The fourth-order valence-electron chi connectivity index (χ4n) is 1.35. The van der Waals surface area contributed by atoms with Crippen molar-refractivity contribution in [2.75, 3.05) is 18.9 Å². The van der Waals surface area contributed by atoms with E-state index in [9.17, 15) is 12.8 Å². The molecule has 0 amide bonds. The lowest BCUT2D eigenvalue weighted by atomic mass is 10.3. The van der Waals surface area contributed by atoms with Gasteiger partial charge >= 0.3 is 0 Å². The molecule has 5 nitrogen and oxygen atoms in total. The van der Waals surface area contributed by atoms with E-state index in [4.69, 9.17) is 10.5 Å². The van der Waals surface area contributed by atoms with E-state index in [0.717, 1.165) is 12.1 Å². The van der Waals surface area contributed by atoms with E-state index in [0.29, 0.717) is 6.61 Å². The lowest BCUT2D eigenvalue weighted by molar-refractivity contribution is 0.133. The number of ether oxygens (including phenoxy) is 1. The molecule has 1 aromatic carbocycles. The molecule has 1 aromatic rings. The van der Waals surface area contributed by atoms with Gasteiger partial charge in [0, 0.05) is 12.6 Å². The van der Waals surface area contributed by atoms with Crippen LogP contribution < -0.4 is 10.5 Å². The van der Waals surface area contributed by atoms with Crippen LogP contribution in [0, 0.1) is 5.82 Å². The fraction of sp³-hybridized carbons (Fsp3) is 0.455. The Balaban J connectivity index is 2.83. The van der Waals surface area contributed by atoms with Crippen LogP contribution in [0.5, 0.6) is 0 Å². The molecule has 1 atom stereocenters. The molecule has 18 heavy (non-hydrogen) atoms. The Kier molecular flexibility index (Phi) is 5.06. The summed E-state index contributed by atoms with van der Waals surface area (Å²) in [5, 5.41) is 0. The van der Waals surface area contributed by atoms with Crippen LogP contribution in [0.15, 0.2) is 23.1 Å². The van der Waals surface area contributed by atoms with E-state index in [1.54, 1.807) is 6.92 Å². The van der Waals surface area contributed by atoms with Crippen LogP contribution >= 0.6 is 0 Å². The minimum Gasteiger partial charge on any atom is -0.396 e. The van der Waals surface area contributed by atoms with Crippen molar-refractivity contribution in [2.24, 2.45) is 0 Å². The fourth-order valence-corrected chi connectivity index (χ4v) is 2.61. The summed E-state index contributed by atoms with van der Waals surface area (Å²) in [6.45, 7) is 4.28. The third-order valence-electron chi connectivity index (χ3n) is 2.21. The highest BCUT2D eigenvalue weighted by molar-refractivity contribution is 7.89. The Morgan fingerprint density at radius 1 is 1.50 bits per heavy atom. The molecule has 1 rings (SSSR count). The van der Waals surface area contributed by atoms with E-state index < -0.39 is 15.8 Å². The zero-order chi connectivity index (χ0) is 13.8. The molecule has 0 aliphatic rings. The maximum atomic E-state index is 13.0. The van der Waals surface area contributed by atoms with E-state index in [1.165, 1.54) is 6.07 Å². The lowest BCUT2D eigenvalue weighted by Gasteiger charge is -2.14. The molecule has 0 fully saturated rings. The van der Waals surface area contributed by atoms with Crippen LogP contribution in [-0.4, -0.2) is 27.7 Å². The topological polar surface area (TPSA) is 81.4 Å². The number of anilines is 1. The summed E-state index contributed by atoms with van der Waals surface area (Å²) < 4.78 is 44.3. The maximum Gasteiger partial charge on any atom is 0.240 e. The molecule has 0 spiro atoms. The van der Waals surface area contributed by atoms with Gasteiger partial charge in [0.25, 0.3) is 0 Å². The third-order valence-corrected chi connectivity index (χ3v) is 3.79. The van der Waals surface area contributed by atoms with Gasteiger partial charge in [-0.15, -0.1) is 0 Å². The van der Waals surface area contributed by atoms with Crippen LogP contribution in [0.1, 0.15) is 13.8 Å². The smallest absolute Gasteiger partial charge is 0.240 e. The van der Waals surface area contributed by atoms with Crippen molar-refractivity contribution >= 4 is 15.7 Å². The predicted molar refractivity (Wildman–Crippen MR) is 67.1 cm³/mol. The highest BCUT2D eigenvalue weighted by atomic mass is 32.2. The molecule has 0 radical (unpaired) electrons. The van der Waals surface area contributed by atoms with Gasteiger partial charge < -0.3 is 10.5 Å². The first-order valence-electron chi connectivity index (χ1n) is 5.52. The molecular weight excluding hydrogens is 259 g/mol. The van der Waals surface area contributed by atoms with Crippen molar-refractivity contribution in [3.63, 3.8) is 0 Å². The second-order valence-electron chi connectivity index (χ2n) is 3.87. The molecule has 0 aliphatic heterocycles. The Bertz CT molecular complexity index is 505. The number of nitrogen functional groups attached to an aromatic ring is 1. The summed E-state index contributed by atoms with van der Waals surface area (Å²) >= 11 is 0. The molecule has 1 unspecified atom stereocenters. The molecule has 7 heteroatoms. The summed E-state index contributed by atoms with van der Waals surface area (Å²) in [4.78, 5) is -0.0650. The second-order valence-corrected chi connectivity index (χ2v) is 5.58. The number of hydrogen-bond donors (Lipinski definition) is 2. The molecule has 3 N–H and O–H groups in total. The molecular formula is C11H17FN2O3S. The number of sulfonamides is 1. The van der Waals surface area contributed by atoms with Gasteiger partial charge in [-0.25, -0.2) is 17.5 Å². The normalized spacial score (nSPS) is 13.5. The van der Waals surface area contributed by atoms with Crippen LogP contribution in [0.4, 0.5) is 10.1 Å². The van der Waals surface area contributed by atoms with Crippen molar-refractivity contribution < 1.29 is 17.5 Å². The van der Waals surface area contributed by atoms with Crippen molar-refractivity contribution in [1.29, 1.82) is 0 Å². The molecule has 0 heterocycles. The summed E-state index contributed by atoms with van der Waals surface area (Å²) in [6, 6.07) is 2.91. The number of rotatable bonds is 6. The van der Waals surface area contributed by atoms with Gasteiger partial charge in [-0.05, 0) is 32.0 Å². The average Bonchev–Trinajstić information content (AvgIpc) is 2.29. The van der Waals surface area contributed by atoms with E-state index in [1.807, 2.05) is 6.92 Å². The van der Waals surface area contributed by atoms with E-state index in [2.05, 4.69) is 4.72 Å². The van der Waals surface area contributed by atoms with Gasteiger partial charge in [0.15, 0.2) is 0 Å². The maximum absolute atomic E-state index is 13.0. The third kappa shape index (κ3) is 3.94. The van der Waals surface area contributed by atoms with E-state index in [-0.39, 0.29) is 23.2 Å². The van der Waals surface area contributed by atoms with E-state index >= 15 is 0 Å². The number of nitrogens with one attached hydrogen (secondary N) is 1. The number of halogens is 1. The Hall–Kier alpha value is -1.18. The monoisotopic (exact) mass is 276 g/mol. The molecule has 0 aliphatic carbocycles. The minimum absolute atomic E-state index is 0.0650. The summed E-state index contributed by atoms with van der Waals surface area (Å²) in [5.74, 6) is -0.642. The minimum atomic E-state index is -3.71. The van der Waals surface area contributed by atoms with Gasteiger partial charge in [0.2, 0.25) is 10.0 Å². The second kappa shape index (κ2) is 6.12. The van der Waals surface area contributed by atoms with Crippen LogP contribution in [0.2, 0.25) is 0 Å². The van der Waals surface area contributed by atoms with Gasteiger partial charge in [-0.3, -0.25) is 0 Å². The number of benzene rings is 1. The largest absolute Gasteiger partial charge is 0.396 e. The number of hydrogen-bond acceptors (Lipinski definition) is 4. The first-order valence-corrected chi connectivity index (χ1v) is 7.00. The molecule has 102 valence electrons. The standard InChI is InChI=1S/C11H17FN2O3S/c1-3-17-7-8(2)14-18(15,16)9-4-5-10(12)11(13)6-9/h4-6,8,14H,3,7,13H2,1-2H3. The zero-order valence-electron chi connectivity index (χ0n) is 10.3. The SMILES string of the molecule is CCOCC(C)NS(=O)(=O)c1ccc(F)c(N)c1. The Morgan fingerprint density at radius 3 is 2.72 bits per heavy atom. The highest BCUT2D eigenvalue weighted by Gasteiger charge is 2.18. The zero-order valence-corrected chi connectivity index (χ0v) is 11.1. The molecule has 0 bridgehead atoms. The number of nitrogens with two attached hydrogens (primary N) is 1. The Morgan fingerprint density at radius 2 is 2.17 bits per heavy atom. The van der Waals surface area contributed by atoms with Crippen molar-refractivity contribution in [2.45, 2.75) is 24.8 Å². The van der Waals surface area contributed by atoms with Crippen LogP contribution in [0.3, 0.4) is 0 Å². The Labute approximate surface area is 106 Å². The van der Waals surface area contributed by atoms with Gasteiger partial charge in [-0.1, -0.05) is 0 Å². The van der Waals surface area contributed by atoms with Crippen LogP contribution in [0.25, 0.3) is 0 Å². The highest BCUT2D eigenvalue weighted by Crippen LogP contribution is 2.16. The molecule has 0 aromatic heterocycles. The van der Waals surface area contributed by atoms with Gasteiger partial charge in [0.1, 0.15) is 5.82 Å². The van der Waals surface area contributed by atoms with Crippen molar-refractivity contribution in [3.8, 4) is 0 Å². The summed E-state index contributed by atoms with van der Waals surface area (Å²) in [7, 11) is -3.71. The van der Waals surface area contributed by atoms with Crippen molar-refractivity contribution in [1.82, 2.24) is 4.72 Å². The molecule has 0 saturated heterocycles. The molecule has 0 saturated carbocycles. The van der Waals surface area contributed by atoms with Gasteiger partial charge in [-0.2, -0.15) is 0 Å². The quantitative estimate of drug-likeness (QED) is 0.763. The first-order chi connectivity index (χ1) is 8.36. The predicted octanol–water partition coefficient (Wildman–Crippen LogP) is 1.11. The average molecular weight is 276 g/mol. The summed E-state index contributed by atoms with van der Waals surface area (Å²) in [6.07, 6.45) is 0. The van der Waals surface area contributed by atoms with Gasteiger partial charge in [0.05, 0.1) is 17.2 Å². The summed E-state index contributed by atoms with van der Waals surface area (Å²) in [5.41, 5.74) is 5.14. The lowest BCUT2D eigenvalue weighted by Crippen LogP contribution is -2.35.